The van der Waals surface area contributed by atoms with Gasteiger partial charge in [0.05, 0.1) is 5.56 Å². The number of aliphatic carboxylic acids is 1. The maximum atomic E-state index is 12.8. The van der Waals surface area contributed by atoms with Gasteiger partial charge in [0, 0.05) is 62.2 Å². The zero-order valence-corrected chi connectivity index (χ0v) is 31.0. The lowest BCUT2D eigenvalue weighted by atomic mass is 10.1. The molecule has 57 heavy (non-hydrogen) atoms. The molecule has 2 aromatic carbocycles. The lowest BCUT2D eigenvalue weighted by Crippen LogP contribution is -2.38. The summed E-state index contributed by atoms with van der Waals surface area (Å²) in [6, 6.07) is 20.7. The number of anilines is 2. The summed E-state index contributed by atoms with van der Waals surface area (Å²) >= 11 is 0. The summed E-state index contributed by atoms with van der Waals surface area (Å²) in [7, 11) is 3.48. The number of rotatable bonds is 9. The van der Waals surface area contributed by atoms with Gasteiger partial charge in [0.15, 0.2) is 11.6 Å². The Bertz CT molecular complexity index is 2250. The van der Waals surface area contributed by atoms with Crippen LogP contribution in [0.5, 0.6) is 0 Å². The van der Waals surface area contributed by atoms with Gasteiger partial charge in [-0.05, 0) is 80.9 Å². The van der Waals surface area contributed by atoms with Crippen molar-refractivity contribution in [1.82, 2.24) is 44.9 Å². The number of aromatic nitrogens is 8. The Hall–Kier alpha value is -7.21. The molecule has 15 nitrogen and oxygen atoms in total. The Morgan fingerprint density at radius 3 is 1.68 bits per heavy atom. The second-order valence-electron chi connectivity index (χ2n) is 12.0. The van der Waals surface area contributed by atoms with E-state index in [4.69, 9.17) is 10.9 Å². The van der Waals surface area contributed by atoms with Crippen LogP contribution in [-0.2, 0) is 15.8 Å². The van der Waals surface area contributed by atoms with Crippen LogP contribution in [0.4, 0.5) is 24.8 Å². The predicted molar refractivity (Wildman–Crippen MR) is 213 cm³/mol. The van der Waals surface area contributed by atoms with Crippen molar-refractivity contribution in [3.63, 3.8) is 0 Å². The van der Waals surface area contributed by atoms with E-state index in [-0.39, 0.29) is 24.7 Å². The van der Waals surface area contributed by atoms with Gasteiger partial charge in [-0.1, -0.05) is 36.8 Å². The molecule has 4 heterocycles. The van der Waals surface area contributed by atoms with Crippen LogP contribution in [0.15, 0.2) is 110 Å². The highest BCUT2D eigenvalue weighted by molar-refractivity contribution is 5.91. The first kappa shape index (κ1) is 44.2. The lowest BCUT2D eigenvalue weighted by Gasteiger charge is -2.17. The maximum Gasteiger partial charge on any atom is 0.416 e. The van der Waals surface area contributed by atoms with Crippen LogP contribution in [0, 0.1) is 20.8 Å². The highest BCUT2D eigenvalue weighted by Gasteiger charge is 2.31. The fraction of sp³-hybridized carbons (Fsp3) is 0.179. The Balaban J connectivity index is 0.000000251. The van der Waals surface area contributed by atoms with Gasteiger partial charge in [-0.25, -0.2) is 39.9 Å². The van der Waals surface area contributed by atoms with Crippen LogP contribution in [0.2, 0.25) is 0 Å². The van der Waals surface area contributed by atoms with Gasteiger partial charge in [0.2, 0.25) is 0 Å². The summed E-state index contributed by atoms with van der Waals surface area (Å²) < 4.78 is 40.9. The van der Waals surface area contributed by atoms with E-state index >= 15 is 0 Å². The van der Waals surface area contributed by atoms with E-state index < -0.39 is 17.7 Å². The Kier molecular flexibility index (Phi) is 15.9. The van der Waals surface area contributed by atoms with Crippen molar-refractivity contribution in [3.05, 3.63) is 132 Å². The van der Waals surface area contributed by atoms with Crippen molar-refractivity contribution >= 4 is 35.9 Å². The van der Waals surface area contributed by atoms with Crippen LogP contribution in [0.25, 0.3) is 35.2 Å². The van der Waals surface area contributed by atoms with E-state index in [0.717, 1.165) is 51.6 Å². The average Bonchev–Trinajstić information content (AvgIpc) is 3.84. The minimum Gasteiger partial charge on any atom is -0.478 e. The number of amides is 1. The molecule has 298 valence electrons. The number of nitrogens with one attached hydrogen (secondary N) is 1. The Morgan fingerprint density at radius 1 is 0.737 bits per heavy atom. The van der Waals surface area contributed by atoms with Gasteiger partial charge in [0.25, 0.3) is 5.91 Å². The zero-order chi connectivity index (χ0) is 40.8. The summed E-state index contributed by atoms with van der Waals surface area (Å²) in [5.74, 6) is 6.05. The van der Waals surface area contributed by atoms with Gasteiger partial charge in [-0.2, -0.15) is 13.2 Å². The quantitative estimate of drug-likeness (QED) is 0.0828. The van der Waals surface area contributed by atoms with Gasteiger partial charge in [0.1, 0.15) is 24.3 Å². The Morgan fingerprint density at radius 2 is 1.23 bits per heavy atom. The number of hydrogen-bond acceptors (Lipinski definition) is 11. The number of benzene rings is 2. The van der Waals surface area contributed by atoms with Gasteiger partial charge in [-0.15, -0.1) is 10.2 Å². The third-order valence-corrected chi connectivity index (χ3v) is 7.19. The SMILES string of the molecule is C.CN(N)c1ccccn1.Cc1cc(-c2ncn(/C=C\C(=O)O)n2)cc(C(F)(F)F)c1.Cc1cc(C)cc(-c2ncn(/C=C\C(=O)NN(C)c3ccccn3)n2)c1. The number of aryl methyl sites for hydroxylation is 3. The first-order chi connectivity index (χ1) is 26.6. The molecule has 4 aromatic heterocycles. The van der Waals surface area contributed by atoms with Crippen molar-refractivity contribution in [2.24, 2.45) is 5.84 Å². The number of carboxylic acid groups (broad SMARTS) is 1. The number of carbonyl (C=O) groups excluding carboxylic acids is 1. The van der Waals surface area contributed by atoms with Gasteiger partial charge < -0.3 is 5.11 Å². The van der Waals surface area contributed by atoms with Crippen molar-refractivity contribution in [2.75, 3.05) is 24.1 Å². The number of halogens is 3. The number of hydrazine groups is 2. The highest BCUT2D eigenvalue weighted by atomic mass is 19.4. The molecule has 0 radical (unpaired) electrons. The number of nitrogens with zero attached hydrogens (tertiary/aromatic N) is 10. The third-order valence-electron chi connectivity index (χ3n) is 7.19. The van der Waals surface area contributed by atoms with Crippen LogP contribution >= 0.6 is 0 Å². The van der Waals surface area contributed by atoms with Crippen molar-refractivity contribution in [1.29, 1.82) is 0 Å². The molecular weight excluding hydrogens is 742 g/mol. The zero-order valence-electron chi connectivity index (χ0n) is 31.0. The molecule has 6 aromatic rings. The predicted octanol–water partition coefficient (Wildman–Crippen LogP) is 6.45. The summed E-state index contributed by atoms with van der Waals surface area (Å²) in [5.41, 5.74) is 5.83. The number of pyridine rings is 2. The number of hydrogen-bond donors (Lipinski definition) is 3. The van der Waals surface area contributed by atoms with Crippen LogP contribution in [-0.4, -0.2) is 70.6 Å². The Labute approximate surface area is 327 Å². The number of carbonyl (C=O) groups is 2. The molecule has 0 bridgehead atoms. The summed E-state index contributed by atoms with van der Waals surface area (Å²) in [6.45, 7) is 5.62. The van der Waals surface area contributed by atoms with Crippen LogP contribution < -0.4 is 21.3 Å². The average molecular weight is 785 g/mol. The number of nitrogens with two attached hydrogens (primary N) is 1. The third kappa shape index (κ3) is 14.2. The molecular formula is C39H43F3N12O3. The molecule has 0 aliphatic carbocycles. The van der Waals surface area contributed by atoms with E-state index in [1.807, 2.05) is 56.3 Å². The monoisotopic (exact) mass is 784 g/mol. The molecule has 0 aliphatic rings. The molecule has 0 spiro atoms. The largest absolute Gasteiger partial charge is 0.478 e. The maximum absolute atomic E-state index is 12.8. The first-order valence-electron chi connectivity index (χ1n) is 16.6. The molecule has 0 unspecified atom stereocenters. The molecule has 0 saturated carbocycles. The second-order valence-corrected chi connectivity index (χ2v) is 12.0. The lowest BCUT2D eigenvalue weighted by molar-refractivity contribution is -0.137. The molecule has 6 rings (SSSR count). The minimum absolute atomic E-state index is 0. The number of alkyl halides is 3. The van der Waals surface area contributed by atoms with E-state index in [1.165, 1.54) is 28.2 Å². The van der Waals surface area contributed by atoms with Crippen molar-refractivity contribution < 1.29 is 27.9 Å². The smallest absolute Gasteiger partial charge is 0.416 e. The number of carboxylic acids is 1. The molecule has 0 atom stereocenters. The molecule has 0 fully saturated rings. The van der Waals surface area contributed by atoms with Crippen molar-refractivity contribution in [2.45, 2.75) is 34.4 Å². The van der Waals surface area contributed by atoms with Crippen LogP contribution in [0.1, 0.15) is 29.7 Å². The molecule has 1 amide bonds. The first-order valence-corrected chi connectivity index (χ1v) is 16.6. The fourth-order valence-corrected chi connectivity index (χ4v) is 4.80. The van der Waals surface area contributed by atoms with E-state index in [0.29, 0.717) is 17.2 Å². The summed E-state index contributed by atoms with van der Waals surface area (Å²) in [5, 5.41) is 19.8. The minimum atomic E-state index is -4.45. The molecule has 0 aliphatic heterocycles. The second kappa shape index (κ2) is 20.5. The normalized spacial score (nSPS) is 10.8. The van der Waals surface area contributed by atoms with E-state index in [2.05, 4.69) is 41.6 Å². The van der Waals surface area contributed by atoms with Crippen molar-refractivity contribution in [3.8, 4) is 22.8 Å². The van der Waals surface area contributed by atoms with Gasteiger partial charge in [-0.3, -0.25) is 20.2 Å². The standard InChI is InChI=1S/C19H20N6O.C13H10F3N3O2.C6H9N3.CH4/c1-14-10-15(2)12-16(11-14)19-21-13-25(23-19)9-7-18(26)22-24(3)17-6-4-5-8-20-17;1-8-4-9(6-10(5-8)13(14,15)16)12-17-7-19(18-12)3-2-11(20)21;1-9(7)6-4-2-3-5-8-6;/h4-13H,1-3H3,(H,22,26);2-7H,1H3,(H,20,21);2-5H,7H2,1H3;1H4/b9-7-;3-2-;;. The topological polar surface area (TPSA) is 186 Å². The highest BCUT2D eigenvalue weighted by Crippen LogP contribution is 2.32. The van der Waals surface area contributed by atoms with E-state index in [1.54, 1.807) is 57.0 Å². The summed E-state index contributed by atoms with van der Waals surface area (Å²) in [4.78, 5) is 38.7. The van der Waals surface area contributed by atoms with Gasteiger partial charge >= 0.3 is 12.1 Å². The molecule has 18 heteroatoms. The van der Waals surface area contributed by atoms with E-state index in [9.17, 15) is 22.8 Å². The fourth-order valence-electron chi connectivity index (χ4n) is 4.80. The van der Waals surface area contributed by atoms with Crippen LogP contribution in [0.3, 0.4) is 0 Å². The summed E-state index contributed by atoms with van der Waals surface area (Å²) in [6.07, 6.45) is 6.63. The molecule has 4 N–H and O–H groups in total. The molecule has 0 saturated heterocycles.